The molecule has 16 heavy (non-hydrogen) atoms. The second kappa shape index (κ2) is 7.32. The maximum atomic E-state index is 3.94. The monoisotopic (exact) mass is 225 g/mol. The number of hydrogen-bond donors (Lipinski definition) is 1. The van der Waals surface area contributed by atoms with Crippen molar-refractivity contribution in [2.75, 3.05) is 0 Å². The van der Waals surface area contributed by atoms with E-state index in [4.69, 9.17) is 0 Å². The fraction of sp³-hybridized carbons (Fsp3) is 1.00. The zero-order valence-corrected chi connectivity index (χ0v) is 11.8. The van der Waals surface area contributed by atoms with Crippen LogP contribution >= 0.6 is 0 Å². The maximum absolute atomic E-state index is 3.94. The Morgan fingerprint density at radius 2 is 1.69 bits per heavy atom. The molecule has 1 aliphatic rings. The van der Waals surface area contributed by atoms with Crippen LogP contribution in [0.4, 0.5) is 0 Å². The van der Waals surface area contributed by atoms with Gasteiger partial charge in [0.05, 0.1) is 0 Å². The van der Waals surface area contributed by atoms with E-state index in [1.165, 1.54) is 44.9 Å². The largest absolute Gasteiger partial charge is 0.311 e. The molecule has 0 aromatic carbocycles. The van der Waals surface area contributed by atoms with E-state index in [9.17, 15) is 0 Å². The Morgan fingerprint density at radius 1 is 1.06 bits per heavy atom. The van der Waals surface area contributed by atoms with Crippen LogP contribution in [0.25, 0.3) is 0 Å². The molecule has 96 valence electrons. The van der Waals surface area contributed by atoms with Crippen LogP contribution in [0.15, 0.2) is 0 Å². The van der Waals surface area contributed by atoms with E-state index in [-0.39, 0.29) is 0 Å². The Morgan fingerprint density at radius 3 is 2.25 bits per heavy atom. The molecule has 0 aromatic heterocycles. The molecule has 0 aromatic rings. The van der Waals surface area contributed by atoms with Crippen molar-refractivity contribution >= 4 is 0 Å². The zero-order valence-electron chi connectivity index (χ0n) is 11.8. The first kappa shape index (κ1) is 14.0. The van der Waals surface area contributed by atoms with Gasteiger partial charge < -0.3 is 5.32 Å². The van der Waals surface area contributed by atoms with E-state index in [0.717, 1.165) is 23.9 Å². The van der Waals surface area contributed by atoms with Crippen LogP contribution in [0, 0.1) is 11.8 Å². The van der Waals surface area contributed by atoms with Crippen LogP contribution in [0.3, 0.4) is 0 Å². The summed E-state index contributed by atoms with van der Waals surface area (Å²) in [5.74, 6) is 1.78. The van der Waals surface area contributed by atoms with Gasteiger partial charge in [-0.2, -0.15) is 0 Å². The zero-order chi connectivity index (χ0) is 12.0. The Bertz CT molecular complexity index is 172. The van der Waals surface area contributed by atoms with E-state index < -0.39 is 0 Å². The summed E-state index contributed by atoms with van der Waals surface area (Å²) >= 11 is 0. The summed E-state index contributed by atoms with van der Waals surface area (Å²) in [4.78, 5) is 0. The SMILES string of the molecule is CCCC(CCC)NC1CCCC(C)C1C. The summed E-state index contributed by atoms with van der Waals surface area (Å²) in [6.45, 7) is 9.47. The fourth-order valence-electron chi connectivity index (χ4n) is 3.13. The van der Waals surface area contributed by atoms with Crippen LogP contribution in [-0.2, 0) is 0 Å². The first-order chi connectivity index (χ1) is 7.69. The van der Waals surface area contributed by atoms with Crippen molar-refractivity contribution in [3.05, 3.63) is 0 Å². The molecule has 1 aliphatic carbocycles. The number of nitrogens with one attached hydrogen (secondary N) is 1. The summed E-state index contributed by atoms with van der Waals surface area (Å²) in [6.07, 6.45) is 9.59. The third-order valence-electron chi connectivity index (χ3n) is 4.43. The van der Waals surface area contributed by atoms with Gasteiger partial charge in [-0.25, -0.2) is 0 Å². The Kier molecular flexibility index (Phi) is 6.41. The lowest BCUT2D eigenvalue weighted by Gasteiger charge is -2.37. The molecule has 1 fully saturated rings. The van der Waals surface area contributed by atoms with Gasteiger partial charge in [0.1, 0.15) is 0 Å². The molecule has 1 rings (SSSR count). The van der Waals surface area contributed by atoms with Gasteiger partial charge in [-0.15, -0.1) is 0 Å². The minimum Gasteiger partial charge on any atom is -0.311 e. The van der Waals surface area contributed by atoms with Crippen molar-refractivity contribution < 1.29 is 0 Å². The lowest BCUT2D eigenvalue weighted by Crippen LogP contribution is -2.45. The molecule has 3 unspecified atom stereocenters. The highest BCUT2D eigenvalue weighted by molar-refractivity contribution is 4.84. The van der Waals surface area contributed by atoms with Gasteiger partial charge in [-0.05, 0) is 31.1 Å². The van der Waals surface area contributed by atoms with Crippen molar-refractivity contribution in [2.24, 2.45) is 11.8 Å². The van der Waals surface area contributed by atoms with Gasteiger partial charge in [0.15, 0.2) is 0 Å². The average molecular weight is 225 g/mol. The highest BCUT2D eigenvalue weighted by Crippen LogP contribution is 2.30. The standard InChI is InChI=1S/C15H31N/c1-5-8-14(9-6-2)16-15-11-7-10-12(3)13(15)4/h12-16H,5-11H2,1-4H3. The van der Waals surface area contributed by atoms with E-state index >= 15 is 0 Å². The predicted molar refractivity (Wildman–Crippen MR) is 72.7 cm³/mol. The van der Waals surface area contributed by atoms with Crippen molar-refractivity contribution in [3.8, 4) is 0 Å². The molecule has 1 N–H and O–H groups in total. The van der Waals surface area contributed by atoms with Crippen LogP contribution in [-0.4, -0.2) is 12.1 Å². The first-order valence-electron chi connectivity index (χ1n) is 7.45. The second-order valence-electron chi connectivity index (χ2n) is 5.81. The van der Waals surface area contributed by atoms with Crippen molar-refractivity contribution in [1.29, 1.82) is 0 Å². The van der Waals surface area contributed by atoms with Gasteiger partial charge in [0, 0.05) is 12.1 Å². The van der Waals surface area contributed by atoms with E-state index in [0.29, 0.717) is 0 Å². The van der Waals surface area contributed by atoms with Crippen molar-refractivity contribution in [2.45, 2.75) is 84.7 Å². The van der Waals surface area contributed by atoms with Crippen molar-refractivity contribution in [1.82, 2.24) is 5.32 Å². The normalized spacial score (nSPS) is 30.9. The molecule has 0 heterocycles. The van der Waals surface area contributed by atoms with Gasteiger partial charge in [0.25, 0.3) is 0 Å². The third-order valence-corrected chi connectivity index (χ3v) is 4.43. The highest BCUT2D eigenvalue weighted by atomic mass is 15.0. The highest BCUT2D eigenvalue weighted by Gasteiger charge is 2.28. The van der Waals surface area contributed by atoms with Gasteiger partial charge >= 0.3 is 0 Å². The van der Waals surface area contributed by atoms with Gasteiger partial charge in [-0.1, -0.05) is 53.4 Å². The van der Waals surface area contributed by atoms with Gasteiger partial charge in [0.2, 0.25) is 0 Å². The Labute approximate surface area is 102 Å². The molecule has 1 saturated carbocycles. The summed E-state index contributed by atoms with van der Waals surface area (Å²) < 4.78 is 0. The summed E-state index contributed by atoms with van der Waals surface area (Å²) in [5, 5.41) is 3.94. The maximum Gasteiger partial charge on any atom is 0.00978 e. The lowest BCUT2D eigenvalue weighted by molar-refractivity contribution is 0.188. The summed E-state index contributed by atoms with van der Waals surface area (Å²) in [5.41, 5.74) is 0. The topological polar surface area (TPSA) is 12.0 Å². The fourth-order valence-corrected chi connectivity index (χ4v) is 3.13. The van der Waals surface area contributed by atoms with Crippen LogP contribution in [0.5, 0.6) is 0 Å². The smallest absolute Gasteiger partial charge is 0.00978 e. The van der Waals surface area contributed by atoms with Crippen molar-refractivity contribution in [3.63, 3.8) is 0 Å². The quantitative estimate of drug-likeness (QED) is 0.708. The molecule has 3 atom stereocenters. The molecule has 0 spiro atoms. The van der Waals surface area contributed by atoms with Crippen LogP contribution < -0.4 is 5.32 Å². The molecular formula is C15H31N. The number of rotatable bonds is 6. The number of hydrogen-bond acceptors (Lipinski definition) is 1. The third kappa shape index (κ3) is 4.08. The molecule has 0 amide bonds. The van der Waals surface area contributed by atoms with E-state index in [2.05, 4.69) is 33.0 Å². The Balaban J connectivity index is 2.42. The van der Waals surface area contributed by atoms with Crippen LogP contribution in [0.1, 0.15) is 72.6 Å². The minimum atomic E-state index is 0.771. The molecule has 0 aliphatic heterocycles. The molecule has 0 radical (unpaired) electrons. The molecule has 0 saturated heterocycles. The molecule has 1 nitrogen and oxygen atoms in total. The molecular weight excluding hydrogens is 194 g/mol. The van der Waals surface area contributed by atoms with Crippen LogP contribution in [0.2, 0.25) is 0 Å². The minimum absolute atomic E-state index is 0.771. The first-order valence-corrected chi connectivity index (χ1v) is 7.45. The summed E-state index contributed by atoms with van der Waals surface area (Å²) in [6, 6.07) is 1.56. The van der Waals surface area contributed by atoms with E-state index in [1.807, 2.05) is 0 Å². The molecule has 1 heteroatoms. The van der Waals surface area contributed by atoms with E-state index in [1.54, 1.807) is 0 Å². The molecule has 0 bridgehead atoms. The average Bonchev–Trinajstić information content (AvgIpc) is 2.25. The lowest BCUT2D eigenvalue weighted by atomic mass is 9.77. The Hall–Kier alpha value is -0.0400. The predicted octanol–water partition coefficient (Wildman–Crippen LogP) is 4.37. The second-order valence-corrected chi connectivity index (χ2v) is 5.81. The summed E-state index contributed by atoms with van der Waals surface area (Å²) in [7, 11) is 0. The van der Waals surface area contributed by atoms with Gasteiger partial charge in [-0.3, -0.25) is 0 Å².